The summed E-state index contributed by atoms with van der Waals surface area (Å²) in [6.45, 7) is 4.31. The first kappa shape index (κ1) is 14.0. The Labute approximate surface area is 106 Å². The molecule has 96 valence electrons. The average molecular weight is 247 g/mol. The highest BCUT2D eigenvalue weighted by Gasteiger charge is 2.33. The molecule has 0 heterocycles. The van der Waals surface area contributed by atoms with Gasteiger partial charge in [-0.05, 0) is 30.5 Å². The van der Waals surface area contributed by atoms with E-state index in [2.05, 4.69) is 15.3 Å². The number of azide groups is 1. The molecule has 6 nitrogen and oxygen atoms in total. The zero-order valence-corrected chi connectivity index (χ0v) is 10.6. The Morgan fingerprint density at radius 1 is 1.56 bits per heavy atom. The standard InChI is InChI=1S/C12H17N5O/c1-9-5-3-4-6-10(9)12(2,11(13)18)15-7-8-16-17-14/h3-6,15H,7-8H2,1-2H3,(H2,13,18). The Morgan fingerprint density at radius 2 is 2.22 bits per heavy atom. The van der Waals surface area contributed by atoms with Crippen LogP contribution in [0.2, 0.25) is 0 Å². The minimum Gasteiger partial charge on any atom is -0.368 e. The molecule has 0 fully saturated rings. The third-order valence-corrected chi connectivity index (χ3v) is 2.93. The van der Waals surface area contributed by atoms with E-state index in [1.54, 1.807) is 6.92 Å². The molecule has 0 spiro atoms. The first-order valence-corrected chi connectivity index (χ1v) is 5.64. The van der Waals surface area contributed by atoms with Crippen LogP contribution in [-0.4, -0.2) is 19.0 Å². The number of carbonyl (C=O) groups is 1. The van der Waals surface area contributed by atoms with Gasteiger partial charge in [0.15, 0.2) is 0 Å². The lowest BCUT2D eigenvalue weighted by molar-refractivity contribution is -0.124. The molecular formula is C12H17N5O. The van der Waals surface area contributed by atoms with Crippen LogP contribution in [0.1, 0.15) is 18.1 Å². The van der Waals surface area contributed by atoms with E-state index in [4.69, 9.17) is 11.3 Å². The number of benzene rings is 1. The zero-order chi connectivity index (χ0) is 13.6. The van der Waals surface area contributed by atoms with Crippen molar-refractivity contribution in [3.05, 3.63) is 45.8 Å². The van der Waals surface area contributed by atoms with Crippen molar-refractivity contribution in [2.45, 2.75) is 19.4 Å². The maximum atomic E-state index is 11.7. The van der Waals surface area contributed by atoms with Gasteiger partial charge in [-0.2, -0.15) is 0 Å². The van der Waals surface area contributed by atoms with Gasteiger partial charge in [-0.15, -0.1) is 0 Å². The number of amides is 1. The first-order valence-electron chi connectivity index (χ1n) is 5.64. The van der Waals surface area contributed by atoms with Gasteiger partial charge in [0.25, 0.3) is 0 Å². The normalized spacial score (nSPS) is 13.4. The van der Waals surface area contributed by atoms with Crippen LogP contribution in [0.15, 0.2) is 29.4 Å². The van der Waals surface area contributed by atoms with Gasteiger partial charge in [-0.1, -0.05) is 29.4 Å². The van der Waals surface area contributed by atoms with Gasteiger partial charge >= 0.3 is 0 Å². The monoisotopic (exact) mass is 247 g/mol. The number of hydrogen-bond acceptors (Lipinski definition) is 3. The molecule has 0 aliphatic rings. The molecule has 3 N–H and O–H groups in total. The predicted octanol–water partition coefficient (Wildman–Crippen LogP) is 1.60. The van der Waals surface area contributed by atoms with Crippen molar-refractivity contribution in [2.24, 2.45) is 10.8 Å². The van der Waals surface area contributed by atoms with Crippen molar-refractivity contribution in [3.63, 3.8) is 0 Å². The number of carbonyl (C=O) groups excluding carboxylic acids is 1. The minimum absolute atomic E-state index is 0.269. The molecule has 0 saturated heterocycles. The van der Waals surface area contributed by atoms with Gasteiger partial charge in [-0.3, -0.25) is 10.1 Å². The van der Waals surface area contributed by atoms with Crippen molar-refractivity contribution in [3.8, 4) is 0 Å². The number of primary amides is 1. The van der Waals surface area contributed by atoms with Crippen molar-refractivity contribution in [1.82, 2.24) is 5.32 Å². The predicted molar refractivity (Wildman–Crippen MR) is 69.7 cm³/mol. The summed E-state index contributed by atoms with van der Waals surface area (Å²) in [4.78, 5) is 14.4. The summed E-state index contributed by atoms with van der Waals surface area (Å²) in [7, 11) is 0. The van der Waals surface area contributed by atoms with Crippen LogP contribution in [0, 0.1) is 6.92 Å². The number of aryl methyl sites for hydroxylation is 1. The molecule has 1 aromatic rings. The molecule has 0 bridgehead atoms. The summed E-state index contributed by atoms with van der Waals surface area (Å²) in [5.41, 5.74) is 14.5. The molecule has 0 aliphatic carbocycles. The summed E-state index contributed by atoms with van der Waals surface area (Å²) >= 11 is 0. The van der Waals surface area contributed by atoms with E-state index in [1.165, 1.54) is 0 Å². The molecule has 0 aromatic heterocycles. The van der Waals surface area contributed by atoms with E-state index < -0.39 is 11.4 Å². The van der Waals surface area contributed by atoms with E-state index in [-0.39, 0.29) is 6.54 Å². The molecule has 0 saturated carbocycles. The highest BCUT2D eigenvalue weighted by molar-refractivity contribution is 5.86. The molecule has 1 atom stereocenters. The molecule has 0 radical (unpaired) electrons. The lowest BCUT2D eigenvalue weighted by atomic mass is 9.88. The maximum absolute atomic E-state index is 11.7. The summed E-state index contributed by atoms with van der Waals surface area (Å²) in [5, 5.41) is 6.46. The summed E-state index contributed by atoms with van der Waals surface area (Å²) in [6, 6.07) is 7.55. The van der Waals surface area contributed by atoms with Crippen LogP contribution < -0.4 is 11.1 Å². The van der Waals surface area contributed by atoms with Crippen LogP contribution in [-0.2, 0) is 10.3 Å². The third-order valence-electron chi connectivity index (χ3n) is 2.93. The molecule has 1 amide bonds. The van der Waals surface area contributed by atoms with Gasteiger partial charge in [0.1, 0.15) is 5.54 Å². The minimum atomic E-state index is -0.962. The largest absolute Gasteiger partial charge is 0.368 e. The Bertz CT molecular complexity index is 481. The smallest absolute Gasteiger partial charge is 0.242 e. The van der Waals surface area contributed by atoms with Crippen LogP contribution in [0.5, 0.6) is 0 Å². The average Bonchev–Trinajstić information content (AvgIpc) is 2.34. The third kappa shape index (κ3) is 3.00. The van der Waals surface area contributed by atoms with Crippen LogP contribution in [0.25, 0.3) is 10.4 Å². The number of nitrogens with one attached hydrogen (secondary N) is 1. The fourth-order valence-electron chi connectivity index (χ4n) is 1.85. The highest BCUT2D eigenvalue weighted by Crippen LogP contribution is 2.23. The summed E-state index contributed by atoms with van der Waals surface area (Å²) in [6.07, 6.45) is 0. The second kappa shape index (κ2) is 6.05. The first-order chi connectivity index (χ1) is 8.52. The van der Waals surface area contributed by atoms with Crippen molar-refractivity contribution < 1.29 is 4.79 Å². The Hall–Kier alpha value is -2.04. The number of hydrogen-bond donors (Lipinski definition) is 2. The zero-order valence-electron chi connectivity index (χ0n) is 10.6. The number of nitrogens with two attached hydrogens (primary N) is 1. The van der Waals surface area contributed by atoms with Crippen molar-refractivity contribution in [1.29, 1.82) is 0 Å². The Balaban J connectivity index is 2.97. The lowest BCUT2D eigenvalue weighted by Gasteiger charge is -2.29. The lowest BCUT2D eigenvalue weighted by Crippen LogP contribution is -2.51. The van der Waals surface area contributed by atoms with Crippen LogP contribution in [0.4, 0.5) is 0 Å². The quantitative estimate of drug-likeness (QED) is 0.345. The van der Waals surface area contributed by atoms with Gasteiger partial charge < -0.3 is 5.73 Å². The highest BCUT2D eigenvalue weighted by atomic mass is 16.1. The molecule has 1 unspecified atom stereocenters. The van der Waals surface area contributed by atoms with E-state index in [9.17, 15) is 4.79 Å². The van der Waals surface area contributed by atoms with Gasteiger partial charge in [0, 0.05) is 18.0 Å². The van der Waals surface area contributed by atoms with Crippen LogP contribution in [0.3, 0.4) is 0 Å². The fourth-order valence-corrected chi connectivity index (χ4v) is 1.85. The Kier molecular flexibility index (Phi) is 4.71. The van der Waals surface area contributed by atoms with E-state index in [0.717, 1.165) is 11.1 Å². The van der Waals surface area contributed by atoms with Gasteiger partial charge in [0.05, 0.1) is 0 Å². The van der Waals surface area contributed by atoms with Gasteiger partial charge in [-0.25, -0.2) is 0 Å². The van der Waals surface area contributed by atoms with Crippen molar-refractivity contribution in [2.75, 3.05) is 13.1 Å². The molecule has 6 heteroatoms. The molecule has 18 heavy (non-hydrogen) atoms. The maximum Gasteiger partial charge on any atom is 0.242 e. The molecular weight excluding hydrogens is 230 g/mol. The van der Waals surface area contributed by atoms with E-state index >= 15 is 0 Å². The molecule has 0 aliphatic heterocycles. The van der Waals surface area contributed by atoms with Crippen LogP contribution >= 0.6 is 0 Å². The molecule has 1 aromatic carbocycles. The van der Waals surface area contributed by atoms with Crippen molar-refractivity contribution >= 4 is 5.91 Å². The SMILES string of the molecule is Cc1ccccc1C(C)(NCCN=[N+]=[N-])C(N)=O. The second-order valence-corrected chi connectivity index (χ2v) is 4.19. The fraction of sp³-hybridized carbons (Fsp3) is 0.417. The number of nitrogens with zero attached hydrogens (tertiary/aromatic N) is 3. The van der Waals surface area contributed by atoms with E-state index in [1.807, 2.05) is 31.2 Å². The Morgan fingerprint density at radius 3 is 2.78 bits per heavy atom. The molecule has 1 rings (SSSR count). The second-order valence-electron chi connectivity index (χ2n) is 4.19. The van der Waals surface area contributed by atoms with E-state index in [0.29, 0.717) is 6.54 Å². The van der Waals surface area contributed by atoms with Gasteiger partial charge in [0.2, 0.25) is 5.91 Å². The topological polar surface area (TPSA) is 104 Å². The summed E-state index contributed by atoms with van der Waals surface area (Å²) in [5.74, 6) is -0.460. The number of rotatable bonds is 6. The summed E-state index contributed by atoms with van der Waals surface area (Å²) < 4.78 is 0.